The Morgan fingerprint density at radius 1 is 1.12 bits per heavy atom. The van der Waals surface area contributed by atoms with E-state index in [1.54, 1.807) is 0 Å². The summed E-state index contributed by atoms with van der Waals surface area (Å²) >= 11 is 1.47. The minimum atomic E-state index is -0.182. The van der Waals surface area contributed by atoms with E-state index >= 15 is 0 Å². The Labute approximate surface area is 144 Å². The number of carbonyl (C=O) groups excluding carboxylic acids is 1. The number of amides is 1. The lowest BCUT2D eigenvalue weighted by atomic mass is 10.1. The zero-order valence-corrected chi connectivity index (χ0v) is 14.1. The van der Waals surface area contributed by atoms with Gasteiger partial charge in [-0.05, 0) is 49.9 Å². The summed E-state index contributed by atoms with van der Waals surface area (Å²) in [5.41, 5.74) is 1.70. The van der Waals surface area contributed by atoms with Crippen LogP contribution in [0.1, 0.15) is 47.0 Å². The third kappa shape index (κ3) is 3.42. The number of aromatic nitrogens is 2. The van der Waals surface area contributed by atoms with Gasteiger partial charge in [0.15, 0.2) is 0 Å². The molecule has 1 aromatic carbocycles. The van der Waals surface area contributed by atoms with Crippen molar-refractivity contribution in [3.8, 4) is 0 Å². The van der Waals surface area contributed by atoms with E-state index in [1.807, 2.05) is 24.3 Å². The van der Waals surface area contributed by atoms with E-state index in [9.17, 15) is 9.90 Å². The molecule has 0 atom stereocenters. The molecule has 1 aromatic heterocycles. The Morgan fingerprint density at radius 3 is 2.50 bits per heavy atom. The smallest absolute Gasteiger partial charge is 0.257 e. The van der Waals surface area contributed by atoms with E-state index in [1.165, 1.54) is 24.2 Å². The fourth-order valence-electron chi connectivity index (χ4n) is 2.90. The first-order valence-electron chi connectivity index (χ1n) is 8.37. The van der Waals surface area contributed by atoms with Crippen molar-refractivity contribution < 1.29 is 9.90 Å². The number of anilines is 2. The zero-order valence-electron chi connectivity index (χ0n) is 13.3. The van der Waals surface area contributed by atoms with Crippen LogP contribution >= 0.6 is 11.3 Å². The minimum absolute atomic E-state index is 0.158. The van der Waals surface area contributed by atoms with E-state index in [4.69, 9.17) is 0 Å². The Hall–Kier alpha value is -1.99. The lowest BCUT2D eigenvalue weighted by Crippen LogP contribution is -2.35. The zero-order chi connectivity index (χ0) is 16.5. The normalized spacial score (nSPS) is 18.6. The molecule has 1 aliphatic carbocycles. The third-order valence-corrected chi connectivity index (χ3v) is 5.55. The summed E-state index contributed by atoms with van der Waals surface area (Å²) in [5, 5.41) is 22.2. The van der Waals surface area contributed by atoms with E-state index in [0.717, 1.165) is 36.6 Å². The molecule has 0 radical (unpaired) electrons. The van der Waals surface area contributed by atoms with E-state index < -0.39 is 0 Å². The maximum atomic E-state index is 12.3. The van der Waals surface area contributed by atoms with Gasteiger partial charge in [-0.2, -0.15) is 0 Å². The number of carbonyl (C=O) groups is 1. The molecule has 1 saturated heterocycles. The summed E-state index contributed by atoms with van der Waals surface area (Å²) in [6.45, 7) is 1.70. The molecule has 7 heteroatoms. The number of hydrogen-bond donors (Lipinski definition) is 2. The molecule has 2 aromatic rings. The quantitative estimate of drug-likeness (QED) is 0.891. The number of aliphatic hydroxyl groups is 1. The summed E-state index contributed by atoms with van der Waals surface area (Å²) in [5.74, 6) is 0.393. The molecule has 2 aliphatic rings. The van der Waals surface area contributed by atoms with Crippen molar-refractivity contribution in [2.24, 2.45) is 0 Å². The van der Waals surface area contributed by atoms with E-state index in [0.29, 0.717) is 16.6 Å². The van der Waals surface area contributed by atoms with Crippen LogP contribution < -0.4 is 10.2 Å². The Kier molecular flexibility index (Phi) is 4.20. The van der Waals surface area contributed by atoms with Crippen LogP contribution in [0.15, 0.2) is 24.3 Å². The lowest BCUT2D eigenvalue weighted by Gasteiger charge is -2.31. The highest BCUT2D eigenvalue weighted by Gasteiger charge is 2.27. The first-order chi connectivity index (χ1) is 11.7. The number of nitrogens with one attached hydrogen (secondary N) is 1. The van der Waals surface area contributed by atoms with Crippen LogP contribution in [-0.2, 0) is 0 Å². The molecular weight excluding hydrogens is 324 g/mol. The molecule has 6 nitrogen and oxygen atoms in total. The highest BCUT2D eigenvalue weighted by Crippen LogP contribution is 2.42. The van der Waals surface area contributed by atoms with Crippen molar-refractivity contribution in [3.05, 3.63) is 34.8 Å². The number of piperidine rings is 1. The fourth-order valence-corrected chi connectivity index (χ4v) is 3.80. The number of nitrogens with zero attached hydrogens (tertiary/aromatic N) is 3. The maximum Gasteiger partial charge on any atom is 0.257 e. The Bertz CT molecular complexity index is 718. The molecule has 0 unspecified atom stereocenters. The predicted octanol–water partition coefficient (Wildman–Crippen LogP) is 2.63. The van der Waals surface area contributed by atoms with E-state index in [-0.39, 0.29) is 12.0 Å². The van der Waals surface area contributed by atoms with E-state index in [2.05, 4.69) is 20.4 Å². The summed E-state index contributed by atoms with van der Waals surface area (Å²) in [6, 6.07) is 7.59. The first-order valence-corrected chi connectivity index (χ1v) is 9.18. The highest BCUT2D eigenvalue weighted by molar-refractivity contribution is 7.15. The molecule has 1 aliphatic heterocycles. The molecule has 126 valence electrons. The summed E-state index contributed by atoms with van der Waals surface area (Å²) in [7, 11) is 0. The highest BCUT2D eigenvalue weighted by atomic mass is 32.1. The van der Waals surface area contributed by atoms with Gasteiger partial charge in [0.2, 0.25) is 5.13 Å². The van der Waals surface area contributed by atoms with Crippen LogP contribution in [0.4, 0.5) is 10.8 Å². The van der Waals surface area contributed by atoms with Crippen LogP contribution in [0, 0.1) is 0 Å². The van der Waals surface area contributed by atoms with Crippen LogP contribution in [0.25, 0.3) is 0 Å². The molecule has 0 bridgehead atoms. The van der Waals surface area contributed by atoms with Gasteiger partial charge >= 0.3 is 0 Å². The monoisotopic (exact) mass is 344 g/mol. The average Bonchev–Trinajstić information content (AvgIpc) is 3.36. The molecule has 2 N–H and O–H groups in total. The van der Waals surface area contributed by atoms with Gasteiger partial charge in [0.25, 0.3) is 5.91 Å². The van der Waals surface area contributed by atoms with Gasteiger partial charge in [-0.25, -0.2) is 0 Å². The Balaban J connectivity index is 1.39. The van der Waals surface area contributed by atoms with Crippen molar-refractivity contribution in [2.75, 3.05) is 23.3 Å². The first kappa shape index (κ1) is 15.5. The number of hydrogen-bond acceptors (Lipinski definition) is 6. The largest absolute Gasteiger partial charge is 0.393 e. The second kappa shape index (κ2) is 6.49. The van der Waals surface area contributed by atoms with Crippen molar-refractivity contribution >= 4 is 28.1 Å². The van der Waals surface area contributed by atoms with Crippen LogP contribution in [0.3, 0.4) is 0 Å². The van der Waals surface area contributed by atoms with Gasteiger partial charge in [0.1, 0.15) is 5.01 Å². The second-order valence-electron chi connectivity index (χ2n) is 6.44. The standard InChI is InChI=1S/C17H20N4O2S/c22-14-7-9-21(10-8-14)13-5-3-11(4-6-13)15(23)18-17-20-19-16(24-17)12-1-2-12/h3-6,12,14,22H,1-2,7-10H2,(H,18,20,23). The topological polar surface area (TPSA) is 78.4 Å². The molecule has 1 saturated carbocycles. The minimum Gasteiger partial charge on any atom is -0.393 e. The van der Waals surface area contributed by atoms with Crippen molar-refractivity contribution in [1.82, 2.24) is 10.2 Å². The number of benzene rings is 1. The molecule has 24 heavy (non-hydrogen) atoms. The van der Waals surface area contributed by atoms with Gasteiger partial charge in [-0.3, -0.25) is 10.1 Å². The lowest BCUT2D eigenvalue weighted by molar-refractivity contribution is 0.102. The maximum absolute atomic E-state index is 12.3. The molecule has 4 rings (SSSR count). The molecule has 2 fully saturated rings. The number of rotatable bonds is 4. The van der Waals surface area contributed by atoms with Crippen molar-refractivity contribution in [3.63, 3.8) is 0 Å². The third-order valence-electron chi connectivity index (χ3n) is 4.55. The van der Waals surface area contributed by atoms with Gasteiger partial charge < -0.3 is 10.0 Å². The van der Waals surface area contributed by atoms with Crippen molar-refractivity contribution in [1.29, 1.82) is 0 Å². The van der Waals surface area contributed by atoms with Gasteiger partial charge in [0.05, 0.1) is 6.10 Å². The Morgan fingerprint density at radius 2 is 1.83 bits per heavy atom. The van der Waals surface area contributed by atoms with Crippen LogP contribution in [0.2, 0.25) is 0 Å². The van der Waals surface area contributed by atoms with Crippen LogP contribution in [0.5, 0.6) is 0 Å². The van der Waals surface area contributed by atoms with Crippen molar-refractivity contribution in [2.45, 2.75) is 37.7 Å². The van der Waals surface area contributed by atoms with Gasteiger partial charge in [0, 0.05) is 30.3 Å². The number of aliphatic hydroxyl groups excluding tert-OH is 1. The fraction of sp³-hybridized carbons (Fsp3) is 0.471. The molecule has 0 spiro atoms. The summed E-state index contributed by atoms with van der Waals surface area (Å²) < 4.78 is 0. The van der Waals surface area contributed by atoms with Gasteiger partial charge in [-0.1, -0.05) is 11.3 Å². The molecular formula is C17H20N4O2S. The predicted molar refractivity (Wildman–Crippen MR) is 93.7 cm³/mol. The summed E-state index contributed by atoms with van der Waals surface area (Å²) in [4.78, 5) is 14.6. The molecule has 1 amide bonds. The summed E-state index contributed by atoms with van der Waals surface area (Å²) in [6.07, 6.45) is 3.76. The van der Waals surface area contributed by atoms with Crippen LogP contribution in [-0.4, -0.2) is 40.4 Å². The molecule has 2 heterocycles. The van der Waals surface area contributed by atoms with Gasteiger partial charge in [-0.15, -0.1) is 10.2 Å². The SMILES string of the molecule is O=C(Nc1nnc(C2CC2)s1)c1ccc(N2CCC(O)CC2)cc1. The average molecular weight is 344 g/mol. The second-order valence-corrected chi connectivity index (χ2v) is 7.45.